The Labute approximate surface area is 208 Å². The van der Waals surface area contributed by atoms with Crippen LogP contribution in [0.1, 0.15) is 48.4 Å². The Morgan fingerprint density at radius 2 is 1.25 bits per heavy atom. The number of halogens is 2. The molecule has 0 aliphatic rings. The number of para-hydroxylation sites is 2. The summed E-state index contributed by atoms with van der Waals surface area (Å²) in [7, 11) is 1.38. The molecule has 0 atom stereocenters. The van der Waals surface area contributed by atoms with E-state index in [1.807, 2.05) is 0 Å². The van der Waals surface area contributed by atoms with E-state index in [2.05, 4.69) is 10.6 Å². The molecule has 3 aromatic carbocycles. The van der Waals surface area contributed by atoms with Crippen LogP contribution in [-0.2, 0) is 0 Å². The summed E-state index contributed by atoms with van der Waals surface area (Å²) in [5, 5.41) is 5.23. The van der Waals surface area contributed by atoms with Crippen LogP contribution in [0.3, 0.4) is 0 Å². The van der Waals surface area contributed by atoms with Crippen molar-refractivity contribution in [2.24, 2.45) is 0 Å². The zero-order chi connectivity index (χ0) is 26.4. The molecule has 0 aliphatic heterocycles. The van der Waals surface area contributed by atoms with Crippen LogP contribution in [0.5, 0.6) is 17.2 Å². The first kappa shape index (κ1) is 26.5. The first-order valence-electron chi connectivity index (χ1n) is 11.3. The summed E-state index contributed by atoms with van der Waals surface area (Å²) in [6.07, 6.45) is -0.646. The van der Waals surface area contributed by atoms with Crippen LogP contribution >= 0.6 is 0 Å². The molecule has 36 heavy (non-hydrogen) atoms. The number of carbonyl (C=O) groups excluding carboxylic acids is 2. The molecule has 2 N–H and O–H groups in total. The van der Waals surface area contributed by atoms with Crippen LogP contribution in [0.4, 0.5) is 20.2 Å². The van der Waals surface area contributed by atoms with E-state index in [0.29, 0.717) is 0 Å². The van der Waals surface area contributed by atoms with Crippen LogP contribution in [0, 0.1) is 11.6 Å². The summed E-state index contributed by atoms with van der Waals surface area (Å²) < 4.78 is 44.9. The maximum atomic E-state index is 14.3. The molecule has 3 rings (SSSR count). The highest BCUT2D eigenvalue weighted by Crippen LogP contribution is 2.32. The van der Waals surface area contributed by atoms with Crippen molar-refractivity contribution in [3.8, 4) is 17.2 Å². The van der Waals surface area contributed by atoms with Gasteiger partial charge in [0.2, 0.25) is 0 Å². The fourth-order valence-electron chi connectivity index (χ4n) is 3.34. The lowest BCUT2D eigenvalue weighted by Gasteiger charge is -2.17. The van der Waals surface area contributed by atoms with Crippen molar-refractivity contribution < 1.29 is 32.6 Å². The Hall–Kier alpha value is -4.14. The minimum absolute atomic E-state index is 0.0304. The van der Waals surface area contributed by atoms with Gasteiger partial charge in [0.15, 0.2) is 23.1 Å². The van der Waals surface area contributed by atoms with Crippen molar-refractivity contribution in [1.82, 2.24) is 0 Å². The average Bonchev–Trinajstić information content (AvgIpc) is 2.82. The largest absolute Gasteiger partial charge is 0.496 e. The van der Waals surface area contributed by atoms with Gasteiger partial charge < -0.3 is 24.8 Å². The molecule has 0 saturated carbocycles. The number of carbonyl (C=O) groups is 2. The topological polar surface area (TPSA) is 85.9 Å². The molecule has 0 fully saturated rings. The van der Waals surface area contributed by atoms with Crippen molar-refractivity contribution in [3.63, 3.8) is 0 Å². The molecular formula is C27H28F2N2O5. The SMILES string of the molecule is COc1ccc(C(=O)Nc2cccc(F)c2OC(C)C)cc1C(=O)Nc1cccc(F)c1OC(C)C. The van der Waals surface area contributed by atoms with Crippen molar-refractivity contribution in [1.29, 1.82) is 0 Å². The number of methoxy groups -OCH3 is 1. The summed E-state index contributed by atoms with van der Waals surface area (Å²) in [5.74, 6) is -2.48. The minimum Gasteiger partial charge on any atom is -0.496 e. The molecule has 0 heterocycles. The molecule has 0 bridgehead atoms. The van der Waals surface area contributed by atoms with Gasteiger partial charge in [0.05, 0.1) is 36.3 Å². The molecule has 0 spiro atoms. The number of amides is 2. The van der Waals surface area contributed by atoms with E-state index >= 15 is 0 Å². The van der Waals surface area contributed by atoms with Crippen molar-refractivity contribution in [2.75, 3.05) is 17.7 Å². The predicted molar refractivity (Wildman–Crippen MR) is 133 cm³/mol. The summed E-state index contributed by atoms with van der Waals surface area (Å²) >= 11 is 0. The van der Waals surface area contributed by atoms with E-state index in [0.717, 1.165) is 0 Å². The number of rotatable bonds is 9. The molecule has 7 nitrogen and oxygen atoms in total. The zero-order valence-corrected chi connectivity index (χ0v) is 20.6. The van der Waals surface area contributed by atoms with Gasteiger partial charge in [-0.05, 0) is 70.2 Å². The Morgan fingerprint density at radius 3 is 1.72 bits per heavy atom. The number of anilines is 2. The molecular weight excluding hydrogens is 470 g/mol. The van der Waals surface area contributed by atoms with Crippen LogP contribution < -0.4 is 24.8 Å². The summed E-state index contributed by atoms with van der Waals surface area (Å²) in [5.41, 5.74) is 0.410. The Kier molecular flexibility index (Phi) is 8.47. The highest BCUT2D eigenvalue weighted by Gasteiger charge is 2.21. The van der Waals surface area contributed by atoms with Gasteiger partial charge >= 0.3 is 0 Å². The Balaban J connectivity index is 1.90. The second-order valence-corrected chi connectivity index (χ2v) is 8.39. The second-order valence-electron chi connectivity index (χ2n) is 8.39. The van der Waals surface area contributed by atoms with E-state index in [1.54, 1.807) is 27.7 Å². The van der Waals surface area contributed by atoms with Crippen LogP contribution in [-0.4, -0.2) is 31.1 Å². The van der Waals surface area contributed by atoms with Gasteiger partial charge in [0.25, 0.3) is 11.8 Å². The van der Waals surface area contributed by atoms with Gasteiger partial charge in [-0.25, -0.2) is 8.78 Å². The van der Waals surface area contributed by atoms with Crippen LogP contribution in [0.2, 0.25) is 0 Å². The van der Waals surface area contributed by atoms with Gasteiger partial charge in [-0.3, -0.25) is 9.59 Å². The van der Waals surface area contributed by atoms with Crippen molar-refractivity contribution >= 4 is 23.2 Å². The maximum absolute atomic E-state index is 14.3. The first-order valence-corrected chi connectivity index (χ1v) is 11.3. The molecule has 2 amide bonds. The van der Waals surface area contributed by atoms with Gasteiger partial charge in [-0.2, -0.15) is 0 Å². The monoisotopic (exact) mass is 498 g/mol. The predicted octanol–water partition coefficient (Wildman–Crippen LogP) is 6.05. The number of nitrogens with one attached hydrogen (secondary N) is 2. The highest BCUT2D eigenvalue weighted by molar-refractivity contribution is 6.10. The molecule has 0 aromatic heterocycles. The lowest BCUT2D eigenvalue weighted by atomic mass is 10.1. The summed E-state index contributed by atoms with van der Waals surface area (Å²) in [4.78, 5) is 26.1. The van der Waals surface area contributed by atoms with E-state index in [1.165, 1.54) is 61.7 Å². The number of benzene rings is 3. The highest BCUT2D eigenvalue weighted by atomic mass is 19.1. The molecule has 190 valence electrons. The van der Waals surface area contributed by atoms with Crippen molar-refractivity contribution in [2.45, 2.75) is 39.9 Å². The van der Waals surface area contributed by atoms with E-state index in [-0.39, 0.29) is 52.0 Å². The van der Waals surface area contributed by atoms with E-state index < -0.39 is 23.4 Å². The molecule has 0 radical (unpaired) electrons. The third-order valence-electron chi connectivity index (χ3n) is 4.84. The van der Waals surface area contributed by atoms with Gasteiger partial charge in [0, 0.05) is 5.56 Å². The van der Waals surface area contributed by atoms with Crippen LogP contribution in [0.15, 0.2) is 54.6 Å². The zero-order valence-electron chi connectivity index (χ0n) is 20.6. The van der Waals surface area contributed by atoms with Gasteiger partial charge in [0.1, 0.15) is 5.75 Å². The minimum atomic E-state index is -0.643. The lowest BCUT2D eigenvalue weighted by Crippen LogP contribution is -2.18. The maximum Gasteiger partial charge on any atom is 0.259 e. The number of hydrogen-bond donors (Lipinski definition) is 2. The van der Waals surface area contributed by atoms with E-state index in [4.69, 9.17) is 14.2 Å². The molecule has 3 aromatic rings. The van der Waals surface area contributed by atoms with Crippen LogP contribution in [0.25, 0.3) is 0 Å². The quantitative estimate of drug-likeness (QED) is 0.375. The number of hydrogen-bond acceptors (Lipinski definition) is 5. The summed E-state index contributed by atoms with van der Waals surface area (Å²) in [6, 6.07) is 12.6. The van der Waals surface area contributed by atoms with Gasteiger partial charge in [-0.15, -0.1) is 0 Å². The van der Waals surface area contributed by atoms with Crippen molar-refractivity contribution in [3.05, 3.63) is 77.4 Å². The standard InChI is InChI=1S/C27H28F2N2O5/c1-15(2)35-24-19(28)8-6-10-21(24)30-26(32)17-12-13-23(34-5)18(14-17)27(33)31-22-11-7-9-20(29)25(22)36-16(3)4/h6-16H,1-5H3,(H,30,32)(H,31,33). The first-order chi connectivity index (χ1) is 17.1. The fourth-order valence-corrected chi connectivity index (χ4v) is 3.34. The second kappa shape index (κ2) is 11.5. The Morgan fingerprint density at radius 1 is 0.750 bits per heavy atom. The Bertz CT molecular complexity index is 1260. The van der Waals surface area contributed by atoms with E-state index in [9.17, 15) is 18.4 Å². The fraction of sp³-hybridized carbons (Fsp3) is 0.259. The summed E-state index contributed by atoms with van der Waals surface area (Å²) in [6.45, 7) is 6.95. The molecule has 9 heteroatoms. The lowest BCUT2D eigenvalue weighted by molar-refractivity contribution is 0.102. The third-order valence-corrected chi connectivity index (χ3v) is 4.84. The average molecular weight is 499 g/mol. The normalized spacial score (nSPS) is 10.8. The molecule has 0 unspecified atom stereocenters. The number of ether oxygens (including phenoxy) is 3. The third kappa shape index (κ3) is 6.29. The smallest absolute Gasteiger partial charge is 0.259 e. The molecule has 0 saturated heterocycles. The van der Waals surface area contributed by atoms with Gasteiger partial charge in [-0.1, -0.05) is 12.1 Å². The molecule has 0 aliphatic carbocycles.